The van der Waals surface area contributed by atoms with E-state index >= 15 is 0 Å². The van der Waals surface area contributed by atoms with Crippen LogP contribution in [0.4, 0.5) is 0 Å². The van der Waals surface area contributed by atoms with Crippen LogP contribution in [0.25, 0.3) is 0 Å². The summed E-state index contributed by atoms with van der Waals surface area (Å²) >= 11 is 0. The predicted octanol–water partition coefficient (Wildman–Crippen LogP) is 5.97. The fourth-order valence-electron chi connectivity index (χ4n) is 2.71. The molecule has 0 amide bonds. The minimum Gasteiger partial charge on any atom is -0.298 e. The number of hydrogen-bond acceptors (Lipinski definition) is 1. The molecule has 1 nitrogen and oxygen atoms in total. The summed E-state index contributed by atoms with van der Waals surface area (Å²) in [5.41, 5.74) is 0.729. The highest BCUT2D eigenvalue weighted by Crippen LogP contribution is 2.32. The Morgan fingerprint density at radius 3 is 1.00 bits per heavy atom. The summed E-state index contributed by atoms with van der Waals surface area (Å²) in [5, 5.41) is 4.19. The largest absolute Gasteiger partial charge is 0.298 e. The second-order valence-electron chi connectivity index (χ2n) is 5.87. The first-order valence-corrected chi connectivity index (χ1v) is 11.2. The van der Waals surface area contributed by atoms with Gasteiger partial charge in [0.2, 0.25) is 0 Å². The van der Waals surface area contributed by atoms with Gasteiger partial charge in [0.15, 0.2) is 0 Å². The van der Waals surface area contributed by atoms with Gasteiger partial charge in [-0.3, -0.25) is 4.79 Å². The molecule has 0 spiro atoms. The number of aldehydes is 1. The predicted molar refractivity (Wildman–Crippen MR) is 128 cm³/mol. The normalized spacial score (nSPS) is 9.48. The molecule has 0 bridgehead atoms. The average molecular weight is 398 g/mol. The highest BCUT2D eigenvalue weighted by molar-refractivity contribution is 7.79. The molecule has 0 saturated carbocycles. The van der Waals surface area contributed by atoms with E-state index in [0.29, 0.717) is 0 Å². The maximum absolute atomic E-state index is 10.0. The van der Waals surface area contributed by atoms with Crippen molar-refractivity contribution in [1.29, 1.82) is 0 Å². The zero-order valence-electron chi connectivity index (χ0n) is 17.0. The Kier molecular flexibility index (Phi) is 10.1. The van der Waals surface area contributed by atoms with Gasteiger partial charge in [-0.05, 0) is 23.8 Å². The molecule has 29 heavy (non-hydrogen) atoms. The van der Waals surface area contributed by atoms with Crippen LogP contribution in [0.15, 0.2) is 121 Å². The fraction of sp³-hybridized carbons (Fsp3) is 0.0741. The van der Waals surface area contributed by atoms with Gasteiger partial charge in [0.05, 0.1) is 0 Å². The molecule has 0 atom stereocenters. The molecule has 0 N–H and O–H groups in total. The first-order chi connectivity index (χ1) is 14.4. The number of rotatable bonds is 4. The number of hydrogen-bond donors (Lipinski definition) is 0. The third kappa shape index (κ3) is 7.14. The lowest BCUT2D eigenvalue weighted by atomic mass is 10.2. The maximum atomic E-state index is 10.0. The molecule has 0 aliphatic heterocycles. The monoisotopic (exact) mass is 398 g/mol. The summed E-state index contributed by atoms with van der Waals surface area (Å²) in [4.78, 5) is 10.0. The standard InChI is InChI=1S/C18H15P.C7H6O.C2H6/c1-4-10-16(11-5-1)19(17-12-6-2-7-13-17)18-14-8-3-9-15-18;8-6-7-4-2-1-3-5-7;1-2/h1-15H;1-6H;1-2H3. The van der Waals surface area contributed by atoms with Crippen LogP contribution < -0.4 is 15.9 Å². The second kappa shape index (κ2) is 13.2. The number of benzene rings is 4. The third-order valence-corrected chi connectivity index (χ3v) is 6.42. The molecule has 0 saturated heterocycles. The fourth-order valence-corrected chi connectivity index (χ4v) is 5.02. The highest BCUT2D eigenvalue weighted by Gasteiger charge is 2.14. The Labute approximate surface area is 175 Å². The molecule has 2 heteroatoms. The van der Waals surface area contributed by atoms with Crippen LogP contribution in [-0.2, 0) is 0 Å². The zero-order chi connectivity index (χ0) is 20.7. The van der Waals surface area contributed by atoms with Gasteiger partial charge < -0.3 is 0 Å². The molecule has 0 aliphatic rings. The molecule has 4 rings (SSSR count). The molecule has 0 aliphatic carbocycles. The second-order valence-corrected chi connectivity index (χ2v) is 8.09. The van der Waals surface area contributed by atoms with Crippen LogP contribution in [0.5, 0.6) is 0 Å². The van der Waals surface area contributed by atoms with Gasteiger partial charge >= 0.3 is 0 Å². The van der Waals surface area contributed by atoms with Gasteiger partial charge in [-0.25, -0.2) is 0 Å². The average Bonchev–Trinajstić information content (AvgIpc) is 2.84. The van der Waals surface area contributed by atoms with Gasteiger partial charge in [0, 0.05) is 5.56 Å². The maximum Gasteiger partial charge on any atom is 0.150 e. The summed E-state index contributed by atoms with van der Waals surface area (Å²) < 4.78 is 0. The Balaban J connectivity index is 0.000000252. The summed E-state index contributed by atoms with van der Waals surface area (Å²) in [6, 6.07) is 41.4. The Morgan fingerprint density at radius 2 is 0.759 bits per heavy atom. The summed E-state index contributed by atoms with van der Waals surface area (Å²) in [6.07, 6.45) is 0.833. The molecule has 0 aromatic heterocycles. The molecule has 0 fully saturated rings. The van der Waals surface area contributed by atoms with E-state index in [1.54, 1.807) is 12.1 Å². The Bertz CT molecular complexity index is 829. The number of carbonyl (C=O) groups is 1. The third-order valence-electron chi connectivity index (χ3n) is 3.98. The molecule has 146 valence electrons. The van der Waals surface area contributed by atoms with E-state index in [4.69, 9.17) is 0 Å². The smallest absolute Gasteiger partial charge is 0.150 e. The Morgan fingerprint density at radius 1 is 0.483 bits per heavy atom. The molecule has 0 heterocycles. The minimum atomic E-state index is -0.446. The minimum absolute atomic E-state index is 0.446. The van der Waals surface area contributed by atoms with Gasteiger partial charge in [0.25, 0.3) is 0 Å². The van der Waals surface area contributed by atoms with E-state index in [9.17, 15) is 4.79 Å². The van der Waals surface area contributed by atoms with Crippen LogP contribution in [0, 0.1) is 0 Å². The summed E-state index contributed by atoms with van der Waals surface area (Å²) in [6.45, 7) is 4.00. The summed E-state index contributed by atoms with van der Waals surface area (Å²) in [7, 11) is -0.446. The van der Waals surface area contributed by atoms with Gasteiger partial charge in [-0.1, -0.05) is 135 Å². The van der Waals surface area contributed by atoms with Crippen LogP contribution in [0.3, 0.4) is 0 Å². The van der Waals surface area contributed by atoms with Crippen molar-refractivity contribution in [3.05, 3.63) is 127 Å². The van der Waals surface area contributed by atoms with E-state index in [0.717, 1.165) is 11.8 Å². The van der Waals surface area contributed by atoms with Gasteiger partial charge in [-0.2, -0.15) is 0 Å². The van der Waals surface area contributed by atoms with E-state index in [1.165, 1.54) is 15.9 Å². The molecule has 4 aromatic rings. The lowest BCUT2D eigenvalue weighted by Gasteiger charge is -2.18. The van der Waals surface area contributed by atoms with Crippen molar-refractivity contribution >= 4 is 30.1 Å². The van der Waals surface area contributed by atoms with Crippen molar-refractivity contribution in [2.24, 2.45) is 0 Å². The van der Waals surface area contributed by atoms with Crippen LogP contribution >= 0.6 is 7.92 Å². The van der Waals surface area contributed by atoms with E-state index < -0.39 is 7.92 Å². The van der Waals surface area contributed by atoms with Crippen molar-refractivity contribution in [3.8, 4) is 0 Å². The van der Waals surface area contributed by atoms with Crippen LogP contribution in [0.1, 0.15) is 24.2 Å². The van der Waals surface area contributed by atoms with Crippen molar-refractivity contribution in [1.82, 2.24) is 0 Å². The Hall–Kier alpha value is -3.02. The van der Waals surface area contributed by atoms with Crippen molar-refractivity contribution < 1.29 is 4.79 Å². The summed E-state index contributed by atoms with van der Waals surface area (Å²) in [5.74, 6) is 0. The van der Waals surface area contributed by atoms with E-state index in [2.05, 4.69) is 91.0 Å². The lowest BCUT2D eigenvalue weighted by molar-refractivity contribution is 0.112. The van der Waals surface area contributed by atoms with Crippen molar-refractivity contribution in [2.75, 3.05) is 0 Å². The van der Waals surface area contributed by atoms with Crippen LogP contribution in [-0.4, -0.2) is 6.29 Å². The van der Waals surface area contributed by atoms with E-state index in [-0.39, 0.29) is 0 Å². The zero-order valence-corrected chi connectivity index (χ0v) is 17.9. The SMILES string of the molecule is CC.O=Cc1ccccc1.c1ccc(P(c2ccccc2)c2ccccc2)cc1. The molecule has 4 aromatic carbocycles. The molecule has 0 unspecified atom stereocenters. The first kappa shape index (κ1) is 22.3. The topological polar surface area (TPSA) is 17.1 Å². The molecular weight excluding hydrogens is 371 g/mol. The van der Waals surface area contributed by atoms with Crippen LogP contribution in [0.2, 0.25) is 0 Å². The number of carbonyl (C=O) groups excluding carboxylic acids is 1. The first-order valence-electron chi connectivity index (χ1n) is 9.84. The quantitative estimate of drug-likeness (QED) is 0.306. The van der Waals surface area contributed by atoms with Crippen molar-refractivity contribution in [2.45, 2.75) is 13.8 Å². The van der Waals surface area contributed by atoms with Gasteiger partial charge in [0.1, 0.15) is 6.29 Å². The molecule has 0 radical (unpaired) electrons. The highest BCUT2D eigenvalue weighted by atomic mass is 31.1. The lowest BCUT2D eigenvalue weighted by Crippen LogP contribution is -2.20. The van der Waals surface area contributed by atoms with Crippen molar-refractivity contribution in [3.63, 3.8) is 0 Å². The van der Waals surface area contributed by atoms with Gasteiger partial charge in [-0.15, -0.1) is 0 Å². The van der Waals surface area contributed by atoms with E-state index in [1.807, 2.05) is 32.0 Å². The molecular formula is C27H27OP.